The van der Waals surface area contributed by atoms with E-state index in [1.54, 1.807) is 0 Å². The maximum atomic E-state index is 13.7. The third-order valence-electron chi connectivity index (χ3n) is 5.48. The Morgan fingerprint density at radius 3 is 2.13 bits per heavy atom. The number of hydrogen-bond acceptors (Lipinski definition) is 2. The van der Waals surface area contributed by atoms with Crippen LogP contribution in [0.5, 0.6) is 0 Å². The second-order valence-corrected chi connectivity index (χ2v) is 8.71. The minimum atomic E-state index is -4.40. The Morgan fingerprint density at radius 2 is 1.52 bits per heavy atom. The van der Waals surface area contributed by atoms with Crippen molar-refractivity contribution in [2.24, 2.45) is 0 Å². The number of amides is 1. The standard InChI is InChI=1S/C25H22F3NOS/c26-25(27,28)20-15-13-19(14-16-20)23(31-21-10-5-2-6-11-21)24(30)29-17-7-12-22(29)18-8-3-1-4-9-18/h1-6,8-11,13-16,22-23H,7,12,17H2. The lowest BCUT2D eigenvalue weighted by atomic mass is 10.0. The maximum Gasteiger partial charge on any atom is 0.416 e. The topological polar surface area (TPSA) is 20.3 Å². The first kappa shape index (κ1) is 21.5. The summed E-state index contributed by atoms with van der Waals surface area (Å²) >= 11 is 1.37. The van der Waals surface area contributed by atoms with Gasteiger partial charge in [0.15, 0.2) is 0 Å². The highest BCUT2D eigenvalue weighted by atomic mass is 32.2. The van der Waals surface area contributed by atoms with Crippen molar-refractivity contribution in [3.63, 3.8) is 0 Å². The summed E-state index contributed by atoms with van der Waals surface area (Å²) < 4.78 is 39.1. The maximum absolute atomic E-state index is 13.7. The largest absolute Gasteiger partial charge is 0.416 e. The number of halogens is 3. The molecule has 1 heterocycles. The van der Waals surface area contributed by atoms with Crippen LogP contribution in [0, 0.1) is 0 Å². The summed E-state index contributed by atoms with van der Waals surface area (Å²) in [6, 6.07) is 24.4. The van der Waals surface area contributed by atoms with Gasteiger partial charge in [-0.3, -0.25) is 4.79 Å². The number of benzene rings is 3. The van der Waals surface area contributed by atoms with Crippen molar-refractivity contribution >= 4 is 17.7 Å². The first-order chi connectivity index (χ1) is 14.9. The molecule has 0 aromatic heterocycles. The predicted octanol–water partition coefficient (Wildman–Crippen LogP) is 6.90. The molecule has 0 saturated carbocycles. The van der Waals surface area contributed by atoms with E-state index in [1.165, 1.54) is 23.9 Å². The molecule has 31 heavy (non-hydrogen) atoms. The fourth-order valence-corrected chi connectivity index (χ4v) is 5.06. The van der Waals surface area contributed by atoms with Crippen molar-refractivity contribution in [3.05, 3.63) is 102 Å². The lowest BCUT2D eigenvalue weighted by Crippen LogP contribution is -2.33. The average molecular weight is 442 g/mol. The van der Waals surface area contributed by atoms with Gasteiger partial charge in [0.25, 0.3) is 0 Å². The number of rotatable bonds is 5. The highest BCUT2D eigenvalue weighted by Crippen LogP contribution is 2.42. The number of likely N-dealkylation sites (tertiary alicyclic amines) is 1. The lowest BCUT2D eigenvalue weighted by molar-refractivity contribution is -0.137. The van der Waals surface area contributed by atoms with Crippen molar-refractivity contribution in [3.8, 4) is 0 Å². The van der Waals surface area contributed by atoms with Gasteiger partial charge in [-0.15, -0.1) is 11.8 Å². The summed E-state index contributed by atoms with van der Waals surface area (Å²) in [6.45, 7) is 0.644. The molecule has 1 aliphatic rings. The molecule has 1 amide bonds. The fraction of sp³-hybridized carbons (Fsp3) is 0.240. The summed E-state index contributed by atoms with van der Waals surface area (Å²) in [5, 5.41) is -0.617. The van der Waals surface area contributed by atoms with Gasteiger partial charge in [0.05, 0.1) is 11.6 Å². The molecule has 1 aliphatic heterocycles. The van der Waals surface area contributed by atoms with Gasteiger partial charge in [-0.2, -0.15) is 13.2 Å². The summed E-state index contributed by atoms with van der Waals surface area (Å²) in [4.78, 5) is 16.5. The van der Waals surface area contributed by atoms with Gasteiger partial charge >= 0.3 is 6.18 Å². The van der Waals surface area contributed by atoms with Crippen LogP contribution in [0.15, 0.2) is 89.8 Å². The minimum Gasteiger partial charge on any atom is -0.334 e. The van der Waals surface area contributed by atoms with Crippen molar-refractivity contribution in [1.29, 1.82) is 0 Å². The molecular formula is C25H22F3NOS. The van der Waals surface area contributed by atoms with Crippen LogP contribution in [0.4, 0.5) is 13.2 Å². The summed E-state index contributed by atoms with van der Waals surface area (Å²) in [5.41, 5.74) is 0.949. The third kappa shape index (κ3) is 4.96. The van der Waals surface area contributed by atoms with Gasteiger partial charge in [0.1, 0.15) is 5.25 Å². The van der Waals surface area contributed by atoms with E-state index in [2.05, 4.69) is 0 Å². The lowest BCUT2D eigenvalue weighted by Gasteiger charge is -2.29. The molecule has 0 spiro atoms. The molecule has 3 aromatic rings. The zero-order valence-corrected chi connectivity index (χ0v) is 17.6. The van der Waals surface area contributed by atoms with Gasteiger partial charge in [-0.25, -0.2) is 0 Å². The van der Waals surface area contributed by atoms with E-state index in [0.29, 0.717) is 12.1 Å². The monoisotopic (exact) mass is 441 g/mol. The van der Waals surface area contributed by atoms with E-state index in [-0.39, 0.29) is 11.9 Å². The summed E-state index contributed by atoms with van der Waals surface area (Å²) in [6.07, 6.45) is -2.62. The summed E-state index contributed by atoms with van der Waals surface area (Å²) in [5.74, 6) is -0.0695. The molecule has 0 aliphatic carbocycles. The van der Waals surface area contributed by atoms with Crippen LogP contribution in [-0.4, -0.2) is 17.4 Å². The van der Waals surface area contributed by atoms with E-state index in [1.807, 2.05) is 65.6 Å². The van der Waals surface area contributed by atoms with Crippen molar-refractivity contribution in [1.82, 2.24) is 4.90 Å². The van der Waals surface area contributed by atoms with Crippen molar-refractivity contribution < 1.29 is 18.0 Å². The normalized spacial score (nSPS) is 17.5. The fourth-order valence-electron chi connectivity index (χ4n) is 3.95. The number of thioether (sulfide) groups is 1. The molecule has 0 N–H and O–H groups in total. The van der Waals surface area contributed by atoms with Gasteiger partial charge in [0, 0.05) is 11.4 Å². The van der Waals surface area contributed by atoms with Crippen LogP contribution in [0.1, 0.15) is 40.8 Å². The zero-order valence-electron chi connectivity index (χ0n) is 16.8. The molecule has 160 valence electrons. The second-order valence-electron chi connectivity index (χ2n) is 7.53. The van der Waals surface area contributed by atoms with Crippen LogP contribution in [0.3, 0.4) is 0 Å². The molecule has 6 heteroatoms. The molecule has 2 unspecified atom stereocenters. The first-order valence-corrected chi connectivity index (χ1v) is 11.1. The van der Waals surface area contributed by atoms with Gasteiger partial charge < -0.3 is 4.90 Å². The Bertz CT molecular complexity index is 1010. The van der Waals surface area contributed by atoms with Crippen LogP contribution < -0.4 is 0 Å². The number of alkyl halides is 3. The molecule has 3 aromatic carbocycles. The van der Waals surface area contributed by atoms with Crippen LogP contribution in [0.25, 0.3) is 0 Å². The van der Waals surface area contributed by atoms with E-state index in [9.17, 15) is 18.0 Å². The van der Waals surface area contributed by atoms with Gasteiger partial charge in [0.2, 0.25) is 5.91 Å². The molecule has 2 atom stereocenters. The van der Waals surface area contributed by atoms with Crippen LogP contribution in [0.2, 0.25) is 0 Å². The van der Waals surface area contributed by atoms with Crippen molar-refractivity contribution in [2.45, 2.75) is 35.2 Å². The molecule has 1 fully saturated rings. The highest BCUT2D eigenvalue weighted by molar-refractivity contribution is 8.00. The first-order valence-electron chi connectivity index (χ1n) is 10.2. The Kier molecular flexibility index (Phi) is 6.37. The Morgan fingerprint density at radius 1 is 0.903 bits per heavy atom. The SMILES string of the molecule is O=C(C(Sc1ccccc1)c1ccc(C(F)(F)F)cc1)N1CCCC1c1ccccc1. The second kappa shape index (κ2) is 9.18. The average Bonchev–Trinajstić information content (AvgIpc) is 3.28. The number of carbonyl (C=O) groups excluding carboxylic acids is 1. The van der Waals surface area contributed by atoms with Crippen LogP contribution >= 0.6 is 11.8 Å². The third-order valence-corrected chi connectivity index (χ3v) is 6.74. The predicted molar refractivity (Wildman–Crippen MR) is 117 cm³/mol. The van der Waals surface area contributed by atoms with Gasteiger partial charge in [-0.05, 0) is 48.2 Å². The quantitative estimate of drug-likeness (QED) is 0.401. The van der Waals surface area contributed by atoms with Gasteiger partial charge in [-0.1, -0.05) is 60.7 Å². The van der Waals surface area contributed by atoms with Crippen LogP contribution in [-0.2, 0) is 11.0 Å². The Hall–Kier alpha value is -2.73. The van der Waals surface area contributed by atoms with Crippen molar-refractivity contribution in [2.75, 3.05) is 6.54 Å². The molecule has 0 radical (unpaired) electrons. The number of nitrogens with zero attached hydrogens (tertiary/aromatic N) is 1. The molecule has 1 saturated heterocycles. The molecule has 4 rings (SSSR count). The molecule has 0 bridgehead atoms. The highest BCUT2D eigenvalue weighted by Gasteiger charge is 2.36. The van der Waals surface area contributed by atoms with E-state index in [4.69, 9.17) is 0 Å². The number of hydrogen-bond donors (Lipinski definition) is 0. The minimum absolute atomic E-state index is 0.0120. The number of carbonyl (C=O) groups is 1. The Labute approximate surface area is 184 Å². The molecule has 2 nitrogen and oxygen atoms in total. The molecular weight excluding hydrogens is 419 g/mol. The van der Waals surface area contributed by atoms with E-state index < -0.39 is 17.0 Å². The van der Waals surface area contributed by atoms with E-state index >= 15 is 0 Å². The smallest absolute Gasteiger partial charge is 0.334 e. The zero-order chi connectivity index (χ0) is 21.8. The summed E-state index contributed by atoms with van der Waals surface area (Å²) in [7, 11) is 0. The van der Waals surface area contributed by atoms with E-state index in [0.717, 1.165) is 35.4 Å². The Balaban J connectivity index is 1.66.